The maximum Gasteiger partial charge on any atom is 0.538 e. The largest absolute Gasteiger partial charge is 0.538 e. The first-order valence-corrected chi connectivity index (χ1v) is 9.67. The molecule has 0 saturated carbocycles. The molecule has 0 aliphatic carbocycles. The van der Waals surface area contributed by atoms with E-state index >= 15 is 0 Å². The summed E-state index contributed by atoms with van der Waals surface area (Å²) in [6.07, 6.45) is -7.55. The lowest BCUT2D eigenvalue weighted by Crippen LogP contribution is -2.45. The molecule has 23 heavy (non-hydrogen) atoms. The molecular formula is C5H13O15P3. The molecule has 0 bridgehead atoms. The summed E-state index contributed by atoms with van der Waals surface area (Å²) in [6.45, 7) is -1.22. The zero-order chi connectivity index (χ0) is 18.6. The molecule has 15 nitrogen and oxygen atoms in total. The van der Waals surface area contributed by atoms with E-state index in [1.54, 1.807) is 0 Å². The van der Waals surface area contributed by atoms with Crippen molar-refractivity contribution in [2.75, 3.05) is 6.61 Å². The predicted molar refractivity (Wildman–Crippen MR) is 65.1 cm³/mol. The minimum atomic E-state index is -5.77. The highest BCUT2D eigenvalue weighted by Crippen LogP contribution is 2.58. The highest BCUT2D eigenvalue weighted by atomic mass is 31.3. The number of aliphatic hydroxyl groups excluding tert-OH is 3. The van der Waals surface area contributed by atoms with Crippen LogP contribution in [0.4, 0.5) is 0 Å². The number of carbonyl (C=O) groups is 1. The molecule has 0 rings (SSSR count). The van der Waals surface area contributed by atoms with Crippen LogP contribution >= 0.6 is 23.5 Å². The van der Waals surface area contributed by atoms with E-state index in [-0.39, 0.29) is 0 Å². The van der Waals surface area contributed by atoms with E-state index in [2.05, 4.69) is 13.4 Å². The van der Waals surface area contributed by atoms with Crippen LogP contribution in [0, 0.1) is 0 Å². The average Bonchev–Trinajstić information content (AvgIpc) is 2.29. The molecule has 0 spiro atoms. The second-order valence-electron chi connectivity index (χ2n) is 3.71. The maximum absolute atomic E-state index is 11.5. The molecule has 0 heterocycles. The van der Waals surface area contributed by atoms with E-state index in [0.29, 0.717) is 0 Å². The summed E-state index contributed by atoms with van der Waals surface area (Å²) < 4.78 is 42.7. The lowest BCUT2D eigenvalue weighted by Gasteiger charge is -2.25. The second-order valence-corrected chi connectivity index (χ2v) is 7.65. The summed E-state index contributed by atoms with van der Waals surface area (Å²) in [4.78, 5) is 54.1. The Bertz CT molecular complexity index is 545. The van der Waals surface area contributed by atoms with Gasteiger partial charge in [-0.05, 0) is 0 Å². The minimum Gasteiger partial charge on any atom is -0.394 e. The SMILES string of the molecule is O=C(OP(=O)(O)OP(=O)(O)O)[C@H](OP(=O)(O)O)[C@H](O)[C@H](O)CO. The van der Waals surface area contributed by atoms with E-state index in [9.17, 15) is 23.6 Å². The first kappa shape index (κ1) is 22.8. The highest BCUT2D eigenvalue weighted by Gasteiger charge is 2.44. The lowest BCUT2D eigenvalue weighted by molar-refractivity contribution is -0.156. The number of hydrogen-bond donors (Lipinski definition) is 8. The van der Waals surface area contributed by atoms with Gasteiger partial charge in [0.05, 0.1) is 6.61 Å². The number of rotatable bonds is 9. The van der Waals surface area contributed by atoms with Crippen LogP contribution in [0.25, 0.3) is 0 Å². The van der Waals surface area contributed by atoms with Gasteiger partial charge in [0.25, 0.3) is 0 Å². The topological polar surface area (TPSA) is 258 Å². The van der Waals surface area contributed by atoms with Gasteiger partial charge in [-0.2, -0.15) is 4.31 Å². The van der Waals surface area contributed by atoms with Crippen molar-refractivity contribution in [3.8, 4) is 0 Å². The standard InChI is InChI=1S/C5H13O15P3/c6-1-2(7)3(8)4(18-21(10,11)12)5(9)19-23(16,17)20-22(13,14)15/h2-4,6-8H,1H2,(H,16,17)(H2,10,11,12)(H2,13,14,15)/t2-,3-,4-/m1/s1. The molecule has 0 amide bonds. The van der Waals surface area contributed by atoms with Crippen LogP contribution in [0.15, 0.2) is 0 Å². The van der Waals surface area contributed by atoms with E-state index in [4.69, 9.17) is 34.7 Å². The Morgan fingerprint density at radius 1 is 0.957 bits per heavy atom. The van der Waals surface area contributed by atoms with Crippen LogP contribution in [0.1, 0.15) is 0 Å². The molecule has 0 aliphatic rings. The third-order valence-electron chi connectivity index (χ3n) is 1.79. The summed E-state index contributed by atoms with van der Waals surface area (Å²) in [5.41, 5.74) is 0. The van der Waals surface area contributed by atoms with Gasteiger partial charge in [0.15, 0.2) is 6.10 Å². The number of carbonyl (C=O) groups excluding carboxylic acids is 1. The number of phosphoric acid groups is 3. The minimum absolute atomic E-state index is 1.22. The third kappa shape index (κ3) is 9.59. The summed E-state index contributed by atoms with van der Waals surface area (Å²) in [6, 6.07) is 0. The van der Waals surface area contributed by atoms with Gasteiger partial charge in [-0.25, -0.2) is 18.5 Å². The first-order chi connectivity index (χ1) is 10.1. The fourth-order valence-electron chi connectivity index (χ4n) is 1.02. The fraction of sp³-hybridized carbons (Fsp3) is 0.800. The van der Waals surface area contributed by atoms with Gasteiger partial charge >= 0.3 is 29.4 Å². The van der Waals surface area contributed by atoms with Gasteiger partial charge in [0, 0.05) is 0 Å². The van der Waals surface area contributed by atoms with Crippen molar-refractivity contribution in [3.05, 3.63) is 0 Å². The van der Waals surface area contributed by atoms with Crippen LogP contribution < -0.4 is 0 Å². The Kier molecular flexibility index (Phi) is 8.14. The smallest absolute Gasteiger partial charge is 0.394 e. The maximum atomic E-state index is 11.5. The van der Waals surface area contributed by atoms with Crippen LogP contribution in [-0.2, 0) is 31.8 Å². The molecule has 0 aromatic carbocycles. The summed E-state index contributed by atoms with van der Waals surface area (Å²) in [5.74, 6) is -2.23. The zero-order valence-corrected chi connectivity index (χ0v) is 13.4. The van der Waals surface area contributed by atoms with E-state index in [0.717, 1.165) is 0 Å². The van der Waals surface area contributed by atoms with Crippen LogP contribution in [0.5, 0.6) is 0 Å². The Morgan fingerprint density at radius 3 is 1.78 bits per heavy atom. The van der Waals surface area contributed by atoms with Crippen molar-refractivity contribution in [1.29, 1.82) is 0 Å². The average molecular weight is 406 g/mol. The van der Waals surface area contributed by atoms with Gasteiger partial charge in [-0.1, -0.05) is 0 Å². The van der Waals surface area contributed by atoms with Gasteiger partial charge in [-0.15, -0.1) is 0 Å². The molecule has 138 valence electrons. The molecule has 0 aromatic heterocycles. The molecule has 0 radical (unpaired) electrons. The van der Waals surface area contributed by atoms with Crippen LogP contribution in [0.2, 0.25) is 0 Å². The van der Waals surface area contributed by atoms with Crippen molar-refractivity contribution in [1.82, 2.24) is 0 Å². The highest BCUT2D eigenvalue weighted by molar-refractivity contribution is 7.61. The predicted octanol–water partition coefficient (Wildman–Crippen LogP) is -3.07. The normalized spacial score (nSPS) is 19.5. The molecule has 0 saturated heterocycles. The second kappa shape index (κ2) is 8.23. The van der Waals surface area contributed by atoms with Crippen molar-refractivity contribution in [2.45, 2.75) is 18.3 Å². The van der Waals surface area contributed by atoms with E-state index in [1.165, 1.54) is 0 Å². The van der Waals surface area contributed by atoms with Crippen molar-refractivity contribution in [3.63, 3.8) is 0 Å². The molecule has 1 unspecified atom stereocenters. The van der Waals surface area contributed by atoms with Gasteiger partial charge in [-0.3, -0.25) is 9.42 Å². The number of hydrogen-bond acceptors (Lipinski definition) is 10. The van der Waals surface area contributed by atoms with Gasteiger partial charge in [0.2, 0.25) is 0 Å². The molecule has 4 atom stereocenters. The molecule has 8 N–H and O–H groups in total. The summed E-state index contributed by atoms with van der Waals surface area (Å²) >= 11 is 0. The van der Waals surface area contributed by atoms with Gasteiger partial charge < -0.3 is 39.4 Å². The van der Waals surface area contributed by atoms with E-state index < -0.39 is 54.4 Å². The van der Waals surface area contributed by atoms with Crippen molar-refractivity contribution < 1.29 is 71.6 Å². The fourth-order valence-corrected chi connectivity index (χ4v) is 3.07. The molecular weight excluding hydrogens is 393 g/mol. The molecule has 18 heteroatoms. The van der Waals surface area contributed by atoms with Crippen LogP contribution in [0.3, 0.4) is 0 Å². The van der Waals surface area contributed by atoms with E-state index in [1.807, 2.05) is 0 Å². The Balaban J connectivity index is 5.33. The van der Waals surface area contributed by atoms with Crippen molar-refractivity contribution in [2.24, 2.45) is 0 Å². The molecule has 0 fully saturated rings. The molecule has 0 aromatic rings. The van der Waals surface area contributed by atoms with Crippen molar-refractivity contribution >= 4 is 29.4 Å². The lowest BCUT2D eigenvalue weighted by atomic mass is 10.1. The monoisotopic (exact) mass is 406 g/mol. The summed E-state index contributed by atoms with van der Waals surface area (Å²) in [5, 5.41) is 27.1. The Labute approximate surface area is 127 Å². The zero-order valence-electron chi connectivity index (χ0n) is 10.7. The molecule has 0 aliphatic heterocycles. The number of aliphatic hydroxyl groups is 3. The third-order valence-corrected chi connectivity index (χ3v) is 4.38. The number of phosphoric ester groups is 2. The van der Waals surface area contributed by atoms with Gasteiger partial charge in [0.1, 0.15) is 12.2 Å². The van der Waals surface area contributed by atoms with Crippen LogP contribution in [-0.4, -0.2) is 70.7 Å². The first-order valence-electron chi connectivity index (χ1n) is 5.12. The Hall–Kier alpha value is -0.240. The summed E-state index contributed by atoms with van der Waals surface area (Å²) in [7, 11) is -16.9. The quantitative estimate of drug-likeness (QED) is 0.177. The Morgan fingerprint density at radius 2 is 1.43 bits per heavy atom.